The Bertz CT molecular complexity index is 157. The Kier molecular flexibility index (Phi) is 4.14. The standard InChI is InChI=1S/C9H17IO2/c1-7-3-5-12-9(7)8(6-10)2-4-11/h7-9,11H,2-6H2,1H3/t7-,8+,9-/m0/s1/i5T/t5-,7-,8+,9-. The number of alkyl halides is 1. The first kappa shape index (κ1) is 9.21. The van der Waals surface area contributed by atoms with Crippen LogP contribution in [0.4, 0.5) is 0 Å². The van der Waals surface area contributed by atoms with Gasteiger partial charge in [-0.15, -0.1) is 0 Å². The van der Waals surface area contributed by atoms with Gasteiger partial charge >= 0.3 is 0 Å². The summed E-state index contributed by atoms with van der Waals surface area (Å²) in [5.74, 6) is 0.879. The van der Waals surface area contributed by atoms with Crippen LogP contribution >= 0.6 is 22.6 Å². The van der Waals surface area contributed by atoms with Crippen molar-refractivity contribution in [2.24, 2.45) is 11.8 Å². The number of rotatable bonds is 4. The van der Waals surface area contributed by atoms with Crippen molar-refractivity contribution in [2.75, 3.05) is 17.6 Å². The van der Waals surface area contributed by atoms with Gasteiger partial charge in [0.1, 0.15) is 0 Å². The van der Waals surface area contributed by atoms with Crippen LogP contribution in [0.15, 0.2) is 0 Å². The Labute approximate surface area is 89.2 Å². The molecule has 1 rings (SSSR count). The van der Waals surface area contributed by atoms with Crippen molar-refractivity contribution in [3.8, 4) is 0 Å². The van der Waals surface area contributed by atoms with Crippen molar-refractivity contribution in [3.63, 3.8) is 0 Å². The van der Waals surface area contributed by atoms with Crippen LogP contribution in [0.5, 0.6) is 0 Å². The van der Waals surface area contributed by atoms with Gasteiger partial charge in [0.2, 0.25) is 0 Å². The molecule has 0 aromatic rings. The predicted molar refractivity (Wildman–Crippen MR) is 57.6 cm³/mol. The monoisotopic (exact) mass is 286 g/mol. The van der Waals surface area contributed by atoms with E-state index in [1.54, 1.807) is 0 Å². The molecule has 72 valence electrons. The molecule has 0 radical (unpaired) electrons. The lowest BCUT2D eigenvalue weighted by Gasteiger charge is -2.23. The molecule has 0 aliphatic carbocycles. The van der Waals surface area contributed by atoms with Crippen molar-refractivity contribution in [2.45, 2.75) is 25.9 Å². The molecule has 3 heteroatoms. The number of hydrogen-bond donors (Lipinski definition) is 1. The third kappa shape index (κ3) is 2.57. The van der Waals surface area contributed by atoms with Crippen LogP contribution in [-0.4, -0.2) is 28.8 Å². The third-order valence-electron chi connectivity index (χ3n) is 2.44. The number of aliphatic hydroxyl groups excluding tert-OH is 1. The van der Waals surface area contributed by atoms with Crippen molar-refractivity contribution >= 4 is 22.6 Å². The number of aliphatic hydroxyl groups is 1. The van der Waals surface area contributed by atoms with Crippen LogP contribution in [0.25, 0.3) is 0 Å². The minimum Gasteiger partial charge on any atom is -0.396 e. The van der Waals surface area contributed by atoms with E-state index in [1.165, 1.54) is 0 Å². The molecule has 0 aromatic carbocycles. The summed E-state index contributed by atoms with van der Waals surface area (Å²) in [5.41, 5.74) is 0. The molecule has 0 bridgehead atoms. The molecule has 1 aliphatic heterocycles. The molecule has 0 aromatic heterocycles. The highest BCUT2D eigenvalue weighted by atomic mass is 127. The summed E-state index contributed by atoms with van der Waals surface area (Å²) in [7, 11) is 0. The fraction of sp³-hybridized carbons (Fsp3) is 1.00. The largest absolute Gasteiger partial charge is 0.396 e. The average molecular weight is 286 g/mol. The first-order chi connectivity index (χ1) is 6.19. The van der Waals surface area contributed by atoms with Gasteiger partial charge in [-0.05, 0) is 24.7 Å². The zero-order chi connectivity index (χ0) is 9.84. The summed E-state index contributed by atoms with van der Waals surface area (Å²) >= 11 is 2.33. The Balaban J connectivity index is 2.48. The van der Waals surface area contributed by atoms with Gasteiger partial charge in [-0.2, -0.15) is 0 Å². The van der Waals surface area contributed by atoms with E-state index in [0.29, 0.717) is 11.8 Å². The molecule has 1 saturated heterocycles. The summed E-state index contributed by atoms with van der Waals surface area (Å²) < 4.78 is 14.0. The molecule has 1 fully saturated rings. The maximum absolute atomic E-state index is 8.87. The van der Waals surface area contributed by atoms with Crippen LogP contribution in [0.3, 0.4) is 0 Å². The maximum Gasteiger partial charge on any atom is 0.0637 e. The van der Waals surface area contributed by atoms with E-state index in [9.17, 15) is 0 Å². The first-order valence-electron chi connectivity index (χ1n) is 5.01. The lowest BCUT2D eigenvalue weighted by atomic mass is 9.91. The molecule has 0 amide bonds. The van der Waals surface area contributed by atoms with Crippen molar-refractivity contribution in [1.82, 2.24) is 0 Å². The molecule has 0 unspecified atom stereocenters. The summed E-state index contributed by atoms with van der Waals surface area (Å²) in [6.45, 7) is 2.02. The zero-order valence-corrected chi connectivity index (χ0v) is 9.53. The molecule has 12 heavy (non-hydrogen) atoms. The number of halogens is 1. The summed E-state index contributed by atoms with van der Waals surface area (Å²) in [6, 6.07) is 0. The molecule has 0 spiro atoms. The van der Waals surface area contributed by atoms with E-state index in [4.69, 9.17) is 11.2 Å². The van der Waals surface area contributed by atoms with Crippen molar-refractivity contribution in [3.05, 3.63) is 0 Å². The second kappa shape index (κ2) is 5.40. The lowest BCUT2D eigenvalue weighted by molar-refractivity contribution is 0.0445. The van der Waals surface area contributed by atoms with Gasteiger partial charge in [-0.1, -0.05) is 29.5 Å². The van der Waals surface area contributed by atoms with Gasteiger partial charge in [0.25, 0.3) is 0 Å². The van der Waals surface area contributed by atoms with Crippen molar-refractivity contribution in [1.29, 1.82) is 0 Å². The van der Waals surface area contributed by atoms with Crippen molar-refractivity contribution < 1.29 is 11.2 Å². The third-order valence-corrected chi connectivity index (χ3v) is 3.58. The van der Waals surface area contributed by atoms with E-state index < -0.39 is 0 Å². The van der Waals surface area contributed by atoms with Gasteiger partial charge in [-0.25, -0.2) is 0 Å². The molecule has 1 aliphatic rings. The lowest BCUT2D eigenvalue weighted by Crippen LogP contribution is -2.27. The quantitative estimate of drug-likeness (QED) is 0.631. The highest BCUT2D eigenvalue weighted by Gasteiger charge is 2.30. The van der Waals surface area contributed by atoms with Gasteiger partial charge in [0.15, 0.2) is 0 Å². The zero-order valence-electron chi connectivity index (χ0n) is 8.37. The second-order valence-corrected chi connectivity index (χ2v) is 4.29. The highest BCUT2D eigenvalue weighted by Crippen LogP contribution is 2.29. The normalized spacial score (nSPS) is 39.6. The smallest absolute Gasteiger partial charge is 0.0637 e. The fourth-order valence-corrected chi connectivity index (χ4v) is 2.60. The fourth-order valence-electron chi connectivity index (χ4n) is 1.66. The van der Waals surface area contributed by atoms with Gasteiger partial charge in [0.05, 0.1) is 7.47 Å². The molecule has 1 heterocycles. The Morgan fingerprint density at radius 1 is 1.83 bits per heavy atom. The minimum absolute atomic E-state index is 0.187. The van der Waals surface area contributed by atoms with E-state index in [2.05, 4.69) is 29.5 Å². The summed E-state index contributed by atoms with van der Waals surface area (Å²) in [6.07, 6.45) is 1.82. The van der Waals surface area contributed by atoms with Crippen LogP contribution < -0.4 is 0 Å². The molecule has 1 N–H and O–H groups in total. The second-order valence-electron chi connectivity index (χ2n) is 3.41. The molecule has 0 saturated carbocycles. The van der Waals surface area contributed by atoms with Crippen LogP contribution in [-0.2, 0) is 4.74 Å². The van der Waals surface area contributed by atoms with Gasteiger partial charge < -0.3 is 9.84 Å². The van der Waals surface area contributed by atoms with Crippen LogP contribution in [0, 0.1) is 11.8 Å². The van der Waals surface area contributed by atoms with Gasteiger partial charge in [-0.3, -0.25) is 0 Å². The van der Waals surface area contributed by atoms with Gasteiger partial charge in [0, 0.05) is 17.6 Å². The highest BCUT2D eigenvalue weighted by molar-refractivity contribution is 14.1. The van der Waals surface area contributed by atoms with E-state index in [1.807, 2.05) is 0 Å². The average Bonchev–Trinajstić information content (AvgIpc) is 2.41. The SMILES string of the molecule is [3H][C@H]1C[C@H](C)[C@@H]([C@@H](CI)CCO)O1. The topological polar surface area (TPSA) is 29.5 Å². The molecular formula is C9H17IO2. The Hall–Kier alpha value is 0.650. The number of ether oxygens (including phenoxy) is 1. The molecule has 2 nitrogen and oxygen atoms in total. The van der Waals surface area contributed by atoms with E-state index in [0.717, 1.165) is 17.3 Å². The Morgan fingerprint density at radius 2 is 2.58 bits per heavy atom. The Morgan fingerprint density at radius 3 is 3.00 bits per heavy atom. The maximum atomic E-state index is 8.87. The van der Waals surface area contributed by atoms with Crippen LogP contribution in [0.1, 0.15) is 21.1 Å². The summed E-state index contributed by atoms with van der Waals surface area (Å²) in [5, 5.41) is 8.87. The van der Waals surface area contributed by atoms with E-state index in [-0.39, 0.29) is 19.3 Å². The molecule has 4 atom stereocenters. The molecular weight excluding hydrogens is 267 g/mol. The summed E-state index contributed by atoms with van der Waals surface area (Å²) in [4.78, 5) is 0. The first-order valence-corrected chi connectivity index (χ1v) is 5.96. The number of hydrogen-bond acceptors (Lipinski definition) is 2. The predicted octanol–water partition coefficient (Wildman–Crippen LogP) is 1.85. The van der Waals surface area contributed by atoms with Crippen LogP contribution in [0.2, 0.25) is 0 Å². The van der Waals surface area contributed by atoms with E-state index >= 15 is 0 Å². The minimum atomic E-state index is -0.343.